The number of halogens is 1. The highest BCUT2D eigenvalue weighted by atomic mass is 35.5. The molecule has 0 aliphatic carbocycles. The summed E-state index contributed by atoms with van der Waals surface area (Å²) in [6.07, 6.45) is 3.54. The van der Waals surface area contributed by atoms with Crippen molar-refractivity contribution in [3.8, 4) is 0 Å². The minimum Gasteiger partial charge on any atom is -0.299 e. The Kier molecular flexibility index (Phi) is 4.15. The van der Waals surface area contributed by atoms with Crippen molar-refractivity contribution in [2.45, 2.75) is 25.8 Å². The van der Waals surface area contributed by atoms with Gasteiger partial charge in [0.2, 0.25) is 0 Å². The summed E-state index contributed by atoms with van der Waals surface area (Å²) >= 11 is 7.69. The zero-order chi connectivity index (χ0) is 18.5. The van der Waals surface area contributed by atoms with Gasteiger partial charge in [-0.15, -0.1) is 11.3 Å². The number of rotatable bonds is 3. The van der Waals surface area contributed by atoms with Gasteiger partial charge in [-0.25, -0.2) is 4.98 Å². The molecule has 1 saturated heterocycles. The zero-order valence-corrected chi connectivity index (χ0v) is 16.6. The third-order valence-corrected chi connectivity index (χ3v) is 6.55. The highest BCUT2D eigenvalue weighted by Crippen LogP contribution is 2.22. The molecule has 1 fully saturated rings. The normalized spacial score (nSPS) is 19.2. The van der Waals surface area contributed by atoms with E-state index in [1.54, 1.807) is 10.6 Å². The lowest BCUT2D eigenvalue weighted by atomic mass is 9.98. The Labute approximate surface area is 165 Å². The van der Waals surface area contributed by atoms with Gasteiger partial charge in [-0.05, 0) is 43.5 Å². The summed E-state index contributed by atoms with van der Waals surface area (Å²) in [6, 6.07) is 6.23. The second-order valence-corrected chi connectivity index (χ2v) is 8.49. The Morgan fingerprint density at radius 2 is 2.26 bits per heavy atom. The third kappa shape index (κ3) is 2.92. The van der Waals surface area contributed by atoms with Crippen LogP contribution in [0.5, 0.6) is 0 Å². The van der Waals surface area contributed by atoms with Crippen molar-refractivity contribution < 1.29 is 0 Å². The Balaban J connectivity index is 1.40. The number of aromatic nitrogens is 2. The molecule has 3 aromatic rings. The minimum absolute atomic E-state index is 0.0642. The molecule has 2 aliphatic rings. The predicted octanol–water partition coefficient (Wildman–Crippen LogP) is 1.82. The second-order valence-electron chi connectivity index (χ2n) is 7.18. The number of aryl methyl sites for hydroxylation is 1. The molecule has 1 aromatic carbocycles. The van der Waals surface area contributed by atoms with E-state index in [-0.39, 0.29) is 11.6 Å². The van der Waals surface area contributed by atoms with Crippen molar-refractivity contribution in [2.24, 2.45) is 4.99 Å². The molecule has 0 N–H and O–H groups in total. The molecule has 0 amide bonds. The highest BCUT2D eigenvalue weighted by Gasteiger charge is 2.27. The van der Waals surface area contributed by atoms with Gasteiger partial charge < -0.3 is 0 Å². The molecule has 2 aliphatic heterocycles. The molecule has 0 bridgehead atoms. The zero-order valence-electron chi connectivity index (χ0n) is 15.0. The van der Waals surface area contributed by atoms with Crippen molar-refractivity contribution in [1.29, 1.82) is 0 Å². The smallest absolute Gasteiger partial charge is 0.261 e. The van der Waals surface area contributed by atoms with E-state index < -0.39 is 0 Å². The Morgan fingerprint density at radius 1 is 1.37 bits per heavy atom. The Morgan fingerprint density at radius 3 is 3.15 bits per heavy atom. The molecule has 1 unspecified atom stereocenters. The van der Waals surface area contributed by atoms with Crippen molar-refractivity contribution >= 4 is 33.5 Å². The predicted molar refractivity (Wildman–Crippen MR) is 108 cm³/mol. The average Bonchev–Trinajstić information content (AvgIpc) is 3.25. The number of piperidine rings is 1. The summed E-state index contributed by atoms with van der Waals surface area (Å²) in [5, 5.41) is 4.91. The molecular weight excluding hydrogens is 380 g/mol. The molecule has 2 aromatic heterocycles. The SMILES string of the molecule is Cc1nc2sccn2c(=O)c1CCN1CCC2N=c3ccc(Cl)cc3=C2C1. The molecule has 0 radical (unpaired) electrons. The molecule has 27 heavy (non-hydrogen) atoms. The minimum atomic E-state index is 0.0642. The van der Waals surface area contributed by atoms with E-state index in [2.05, 4.69) is 9.88 Å². The van der Waals surface area contributed by atoms with E-state index in [0.717, 1.165) is 52.7 Å². The summed E-state index contributed by atoms with van der Waals surface area (Å²) in [6.45, 7) is 4.66. The van der Waals surface area contributed by atoms with E-state index >= 15 is 0 Å². The van der Waals surface area contributed by atoms with Gasteiger partial charge in [-0.1, -0.05) is 11.6 Å². The maximum atomic E-state index is 12.7. The summed E-state index contributed by atoms with van der Waals surface area (Å²) in [7, 11) is 0. The van der Waals surface area contributed by atoms with Crippen LogP contribution >= 0.6 is 22.9 Å². The van der Waals surface area contributed by atoms with Crippen molar-refractivity contribution in [3.05, 3.63) is 67.0 Å². The molecule has 7 heteroatoms. The van der Waals surface area contributed by atoms with Gasteiger partial charge in [0.05, 0.1) is 11.4 Å². The van der Waals surface area contributed by atoms with Crippen LogP contribution in [0, 0.1) is 6.92 Å². The van der Waals surface area contributed by atoms with Crippen molar-refractivity contribution in [3.63, 3.8) is 0 Å². The molecule has 0 saturated carbocycles. The maximum absolute atomic E-state index is 12.7. The fraction of sp³-hybridized carbons (Fsp3) is 0.350. The monoisotopic (exact) mass is 398 g/mol. The standard InChI is InChI=1S/C20H19ClN4OS/c1-12-14(19(26)25-8-9-27-20(25)22-12)4-6-24-7-5-18-16(11-24)15-10-13(21)2-3-17(15)23-18/h2-3,8-10,18H,4-7,11H2,1H3. The summed E-state index contributed by atoms with van der Waals surface area (Å²) in [5.41, 5.74) is 3.09. The fourth-order valence-electron chi connectivity index (χ4n) is 4.12. The van der Waals surface area contributed by atoms with Gasteiger partial charge in [0.15, 0.2) is 4.96 Å². The lowest BCUT2D eigenvalue weighted by molar-refractivity contribution is 0.277. The van der Waals surface area contributed by atoms with Crippen LogP contribution in [0.4, 0.5) is 0 Å². The van der Waals surface area contributed by atoms with Crippen LogP contribution in [0.2, 0.25) is 5.02 Å². The summed E-state index contributed by atoms with van der Waals surface area (Å²) in [5.74, 6) is 0. The number of hydrogen-bond acceptors (Lipinski definition) is 5. The molecule has 1 atom stereocenters. The van der Waals surface area contributed by atoms with E-state index in [9.17, 15) is 4.79 Å². The van der Waals surface area contributed by atoms with Gasteiger partial charge in [0.1, 0.15) is 0 Å². The van der Waals surface area contributed by atoms with Gasteiger partial charge in [-0.3, -0.25) is 19.1 Å². The van der Waals surface area contributed by atoms with E-state index in [1.807, 2.05) is 30.5 Å². The largest absolute Gasteiger partial charge is 0.299 e. The van der Waals surface area contributed by atoms with Gasteiger partial charge in [0, 0.05) is 52.7 Å². The lowest BCUT2D eigenvalue weighted by Gasteiger charge is -2.31. The van der Waals surface area contributed by atoms with Crippen LogP contribution in [0.1, 0.15) is 17.7 Å². The van der Waals surface area contributed by atoms with Crippen LogP contribution in [0.15, 0.2) is 39.6 Å². The molecule has 5 nitrogen and oxygen atoms in total. The second kappa shape index (κ2) is 6.55. The first kappa shape index (κ1) is 17.1. The number of thiazole rings is 1. The number of nitrogens with zero attached hydrogens (tertiary/aromatic N) is 4. The van der Waals surface area contributed by atoms with Crippen LogP contribution in [0.25, 0.3) is 10.5 Å². The highest BCUT2D eigenvalue weighted by molar-refractivity contribution is 7.15. The fourth-order valence-corrected chi connectivity index (χ4v) is 5.05. The molecule has 138 valence electrons. The first-order valence-corrected chi connectivity index (χ1v) is 10.4. The van der Waals surface area contributed by atoms with Gasteiger partial charge in [-0.2, -0.15) is 0 Å². The lowest BCUT2D eigenvalue weighted by Crippen LogP contribution is -2.39. The number of benzene rings is 1. The van der Waals surface area contributed by atoms with Gasteiger partial charge in [0.25, 0.3) is 5.56 Å². The van der Waals surface area contributed by atoms with Crippen LogP contribution < -0.4 is 16.1 Å². The first-order valence-electron chi connectivity index (χ1n) is 9.14. The molecule has 4 heterocycles. The van der Waals surface area contributed by atoms with E-state index in [4.69, 9.17) is 16.6 Å². The quantitative estimate of drug-likeness (QED) is 0.676. The third-order valence-electron chi connectivity index (χ3n) is 5.56. The van der Waals surface area contributed by atoms with Crippen LogP contribution in [0.3, 0.4) is 0 Å². The topological polar surface area (TPSA) is 50.0 Å². The molecule has 0 spiro atoms. The number of hydrogen-bond donors (Lipinski definition) is 0. The first-order chi connectivity index (χ1) is 13.1. The summed E-state index contributed by atoms with van der Waals surface area (Å²) in [4.78, 5) is 25.3. The van der Waals surface area contributed by atoms with E-state index in [0.29, 0.717) is 6.42 Å². The van der Waals surface area contributed by atoms with Crippen LogP contribution in [-0.2, 0) is 6.42 Å². The van der Waals surface area contributed by atoms with Crippen molar-refractivity contribution in [2.75, 3.05) is 19.6 Å². The van der Waals surface area contributed by atoms with Gasteiger partial charge >= 0.3 is 0 Å². The summed E-state index contributed by atoms with van der Waals surface area (Å²) < 4.78 is 1.65. The van der Waals surface area contributed by atoms with Crippen LogP contribution in [-0.4, -0.2) is 40.0 Å². The number of likely N-dealkylation sites (tertiary alicyclic amines) is 1. The van der Waals surface area contributed by atoms with Crippen molar-refractivity contribution in [1.82, 2.24) is 14.3 Å². The molecular formula is C20H19ClN4OS. The Hall–Kier alpha value is -2.02. The maximum Gasteiger partial charge on any atom is 0.261 e. The Bertz CT molecular complexity index is 1230. The average molecular weight is 399 g/mol. The number of fused-ring (bicyclic) bond motifs is 3. The van der Waals surface area contributed by atoms with E-state index in [1.165, 1.54) is 22.1 Å². The molecule has 5 rings (SSSR count).